The Labute approximate surface area is 98.1 Å². The highest BCUT2D eigenvalue weighted by molar-refractivity contribution is 7.89. The highest BCUT2D eigenvalue weighted by atomic mass is 32.2. The van der Waals surface area contributed by atoms with Crippen molar-refractivity contribution in [2.24, 2.45) is 0 Å². The number of hydrogen-bond acceptors (Lipinski definition) is 4. The zero-order valence-corrected chi connectivity index (χ0v) is 10.7. The van der Waals surface area contributed by atoms with Crippen molar-refractivity contribution in [1.82, 2.24) is 9.21 Å². The van der Waals surface area contributed by atoms with E-state index in [0.29, 0.717) is 26.1 Å². The summed E-state index contributed by atoms with van der Waals surface area (Å²) in [5.74, 6) is 0.243. The van der Waals surface area contributed by atoms with Gasteiger partial charge in [-0.25, -0.2) is 12.7 Å². The average molecular weight is 250 g/mol. The molecule has 1 N–H and O–H groups in total. The molecule has 0 aromatic heterocycles. The van der Waals surface area contributed by atoms with Gasteiger partial charge >= 0.3 is 0 Å². The minimum Gasteiger partial charge on any atom is -0.395 e. The third kappa shape index (κ3) is 4.01. The zero-order valence-electron chi connectivity index (χ0n) is 9.93. The van der Waals surface area contributed by atoms with Gasteiger partial charge in [-0.3, -0.25) is 4.90 Å². The van der Waals surface area contributed by atoms with E-state index < -0.39 is 10.0 Å². The summed E-state index contributed by atoms with van der Waals surface area (Å²) in [7, 11) is -3.05. The predicted molar refractivity (Wildman–Crippen MR) is 63.8 cm³/mol. The first-order valence-electron chi connectivity index (χ1n) is 5.91. The van der Waals surface area contributed by atoms with Gasteiger partial charge < -0.3 is 5.11 Å². The van der Waals surface area contributed by atoms with Crippen LogP contribution in [0.5, 0.6) is 0 Å². The Morgan fingerprint density at radius 2 is 1.94 bits per heavy atom. The summed E-state index contributed by atoms with van der Waals surface area (Å²) in [5.41, 5.74) is 0. The lowest BCUT2D eigenvalue weighted by Crippen LogP contribution is -2.37. The van der Waals surface area contributed by atoms with Gasteiger partial charge in [-0.2, -0.15) is 0 Å². The Morgan fingerprint density at radius 3 is 2.56 bits per heavy atom. The van der Waals surface area contributed by atoms with Gasteiger partial charge in [-0.15, -0.1) is 0 Å². The van der Waals surface area contributed by atoms with Gasteiger partial charge in [0.2, 0.25) is 10.0 Å². The van der Waals surface area contributed by atoms with Crippen LogP contribution in [0.4, 0.5) is 0 Å². The molecule has 0 spiro atoms. The largest absolute Gasteiger partial charge is 0.395 e. The fourth-order valence-electron chi connectivity index (χ4n) is 1.98. The Hall–Kier alpha value is -0.170. The lowest BCUT2D eigenvalue weighted by molar-refractivity contribution is 0.202. The molecular weight excluding hydrogens is 228 g/mol. The molecule has 6 heteroatoms. The second-order valence-electron chi connectivity index (χ2n) is 4.13. The third-order valence-electron chi connectivity index (χ3n) is 2.82. The number of aliphatic hydroxyl groups excluding tert-OH is 1. The minimum atomic E-state index is -3.05. The summed E-state index contributed by atoms with van der Waals surface area (Å²) in [6.45, 7) is 5.44. The zero-order chi connectivity index (χ0) is 12.0. The number of sulfonamides is 1. The molecule has 0 saturated carbocycles. The summed E-state index contributed by atoms with van der Waals surface area (Å²) in [6, 6.07) is 0. The van der Waals surface area contributed by atoms with E-state index in [1.165, 1.54) is 0 Å². The van der Waals surface area contributed by atoms with Crippen LogP contribution in [0.15, 0.2) is 0 Å². The Kier molecular flexibility index (Phi) is 5.68. The first-order valence-corrected chi connectivity index (χ1v) is 7.52. The van der Waals surface area contributed by atoms with E-state index in [-0.39, 0.29) is 12.4 Å². The molecule has 1 rings (SSSR count). The fourth-order valence-corrected chi connectivity index (χ4v) is 3.52. The Bertz CT molecular complexity index is 292. The standard InChI is InChI=1S/C10H22N2O3S/c1-2-10-16(14,15)12-5-3-4-11(6-7-12)8-9-13/h13H,2-10H2,1H3. The van der Waals surface area contributed by atoms with Gasteiger partial charge in [0.1, 0.15) is 0 Å². The molecule has 0 aromatic carbocycles. The first-order chi connectivity index (χ1) is 7.60. The van der Waals surface area contributed by atoms with E-state index in [1.807, 2.05) is 6.92 Å². The molecule has 1 heterocycles. The summed E-state index contributed by atoms with van der Waals surface area (Å²) in [4.78, 5) is 2.11. The van der Waals surface area contributed by atoms with E-state index in [4.69, 9.17) is 5.11 Å². The van der Waals surface area contributed by atoms with Crippen LogP contribution < -0.4 is 0 Å². The second kappa shape index (κ2) is 6.54. The predicted octanol–water partition coefficient (Wildman–Crippen LogP) is -0.274. The van der Waals surface area contributed by atoms with Gasteiger partial charge in [-0.05, 0) is 19.4 Å². The van der Waals surface area contributed by atoms with Gasteiger partial charge in [0.15, 0.2) is 0 Å². The highest BCUT2D eigenvalue weighted by Crippen LogP contribution is 2.09. The third-order valence-corrected chi connectivity index (χ3v) is 4.90. The van der Waals surface area contributed by atoms with Crippen LogP contribution in [0.25, 0.3) is 0 Å². The number of nitrogens with zero attached hydrogens (tertiary/aromatic N) is 2. The lowest BCUT2D eigenvalue weighted by Gasteiger charge is -2.20. The molecule has 0 bridgehead atoms. The van der Waals surface area contributed by atoms with Crippen LogP contribution in [0, 0.1) is 0 Å². The SMILES string of the molecule is CCCS(=O)(=O)N1CCCN(CCO)CC1. The average Bonchev–Trinajstić information content (AvgIpc) is 2.44. The Morgan fingerprint density at radius 1 is 1.19 bits per heavy atom. The van der Waals surface area contributed by atoms with Crippen molar-refractivity contribution in [3.05, 3.63) is 0 Å². The molecule has 0 aliphatic carbocycles. The topological polar surface area (TPSA) is 60.9 Å². The summed E-state index contributed by atoms with van der Waals surface area (Å²) in [5, 5.41) is 8.85. The molecule has 1 aliphatic heterocycles. The summed E-state index contributed by atoms with van der Waals surface area (Å²) in [6.07, 6.45) is 1.52. The number of rotatable bonds is 5. The minimum absolute atomic E-state index is 0.141. The second-order valence-corrected chi connectivity index (χ2v) is 6.22. The normalized spacial score (nSPS) is 20.9. The van der Waals surface area contributed by atoms with E-state index >= 15 is 0 Å². The molecule has 1 saturated heterocycles. The van der Waals surface area contributed by atoms with E-state index in [0.717, 1.165) is 19.5 Å². The van der Waals surface area contributed by atoms with Crippen molar-refractivity contribution in [3.8, 4) is 0 Å². The molecule has 0 atom stereocenters. The maximum absolute atomic E-state index is 11.9. The molecule has 5 nitrogen and oxygen atoms in total. The van der Waals surface area contributed by atoms with E-state index in [2.05, 4.69) is 4.90 Å². The number of hydrogen-bond donors (Lipinski definition) is 1. The first kappa shape index (κ1) is 13.9. The van der Waals surface area contributed by atoms with Crippen LogP contribution in [-0.2, 0) is 10.0 Å². The van der Waals surface area contributed by atoms with Crippen molar-refractivity contribution < 1.29 is 13.5 Å². The highest BCUT2D eigenvalue weighted by Gasteiger charge is 2.23. The molecular formula is C10H22N2O3S. The molecule has 96 valence electrons. The number of β-amino-alcohol motifs (C(OH)–C–C–N with tert-alkyl or cyclic N) is 1. The van der Waals surface area contributed by atoms with E-state index in [1.54, 1.807) is 4.31 Å². The van der Waals surface area contributed by atoms with Gasteiger partial charge in [-0.1, -0.05) is 6.92 Å². The monoisotopic (exact) mass is 250 g/mol. The summed E-state index contributed by atoms with van der Waals surface area (Å²) < 4.78 is 25.3. The number of aliphatic hydroxyl groups is 1. The molecule has 16 heavy (non-hydrogen) atoms. The van der Waals surface area contributed by atoms with Crippen LogP contribution >= 0.6 is 0 Å². The van der Waals surface area contributed by atoms with Crippen molar-refractivity contribution >= 4 is 10.0 Å². The van der Waals surface area contributed by atoms with Crippen LogP contribution in [-0.4, -0.2) is 67.8 Å². The lowest BCUT2D eigenvalue weighted by atomic mass is 10.4. The van der Waals surface area contributed by atoms with Crippen LogP contribution in [0.3, 0.4) is 0 Å². The molecule has 1 fully saturated rings. The van der Waals surface area contributed by atoms with Crippen LogP contribution in [0.1, 0.15) is 19.8 Å². The fraction of sp³-hybridized carbons (Fsp3) is 1.00. The van der Waals surface area contributed by atoms with Crippen molar-refractivity contribution in [1.29, 1.82) is 0 Å². The maximum atomic E-state index is 11.9. The van der Waals surface area contributed by atoms with Gasteiger partial charge in [0.05, 0.1) is 12.4 Å². The van der Waals surface area contributed by atoms with E-state index in [9.17, 15) is 8.42 Å². The molecule has 1 aliphatic rings. The maximum Gasteiger partial charge on any atom is 0.214 e. The van der Waals surface area contributed by atoms with Crippen LogP contribution in [0.2, 0.25) is 0 Å². The van der Waals surface area contributed by atoms with Crippen molar-refractivity contribution in [2.45, 2.75) is 19.8 Å². The molecule has 0 amide bonds. The molecule has 0 unspecified atom stereocenters. The Balaban J connectivity index is 2.53. The molecule has 0 aromatic rings. The van der Waals surface area contributed by atoms with Gasteiger partial charge in [0, 0.05) is 26.2 Å². The van der Waals surface area contributed by atoms with Gasteiger partial charge in [0.25, 0.3) is 0 Å². The summed E-state index contributed by atoms with van der Waals surface area (Å²) >= 11 is 0. The van der Waals surface area contributed by atoms with Crippen molar-refractivity contribution in [3.63, 3.8) is 0 Å². The smallest absolute Gasteiger partial charge is 0.214 e. The molecule has 0 radical (unpaired) electrons. The van der Waals surface area contributed by atoms with Crippen molar-refractivity contribution in [2.75, 3.05) is 45.1 Å². The quantitative estimate of drug-likeness (QED) is 0.729.